The second kappa shape index (κ2) is 6.70. The monoisotopic (exact) mass is 411 g/mol. The maximum atomic E-state index is 14.6. The molecule has 9 heteroatoms. The van der Waals surface area contributed by atoms with Crippen molar-refractivity contribution in [2.75, 3.05) is 5.32 Å². The van der Waals surface area contributed by atoms with Gasteiger partial charge in [0, 0.05) is 11.6 Å². The minimum absolute atomic E-state index is 0.246. The van der Waals surface area contributed by atoms with Gasteiger partial charge in [0.05, 0.1) is 29.0 Å². The Labute approximate surface area is 168 Å². The molecule has 3 aromatic heterocycles. The van der Waals surface area contributed by atoms with Gasteiger partial charge < -0.3 is 5.32 Å². The summed E-state index contributed by atoms with van der Waals surface area (Å²) in [5.74, 6) is -0.539. The third-order valence-corrected chi connectivity index (χ3v) is 5.77. The Morgan fingerprint density at radius 2 is 2.10 bits per heavy atom. The average Bonchev–Trinajstić information content (AvgIpc) is 3.27. The molecule has 0 atom stereocenters. The number of amides is 1. The summed E-state index contributed by atoms with van der Waals surface area (Å²) in [6, 6.07) is 5.65. The van der Waals surface area contributed by atoms with Gasteiger partial charge in [-0.05, 0) is 61.1 Å². The van der Waals surface area contributed by atoms with Crippen molar-refractivity contribution in [3.8, 4) is 11.4 Å². The smallest absolute Gasteiger partial charge is 0.259 e. The van der Waals surface area contributed by atoms with Gasteiger partial charge in [-0.3, -0.25) is 4.79 Å². The fraction of sp³-hybridized carbons (Fsp3) is 0.200. The van der Waals surface area contributed by atoms with Crippen LogP contribution in [0.4, 0.5) is 14.5 Å². The lowest BCUT2D eigenvalue weighted by Crippen LogP contribution is -2.13. The molecule has 1 amide bonds. The number of fused-ring (bicyclic) bond motifs is 1. The van der Waals surface area contributed by atoms with E-state index in [1.54, 1.807) is 13.0 Å². The van der Waals surface area contributed by atoms with Gasteiger partial charge in [-0.1, -0.05) is 0 Å². The maximum absolute atomic E-state index is 14.6. The fourth-order valence-corrected chi connectivity index (χ4v) is 3.97. The minimum atomic E-state index is -0.451. The number of aryl methyl sites for hydroxylation is 1. The number of hydrogen-bond acceptors (Lipinski definition) is 5. The molecule has 0 aliphatic heterocycles. The third kappa shape index (κ3) is 3.27. The van der Waals surface area contributed by atoms with Crippen LogP contribution in [0.3, 0.4) is 0 Å². The zero-order valence-corrected chi connectivity index (χ0v) is 16.1. The summed E-state index contributed by atoms with van der Waals surface area (Å²) in [5, 5.41) is 7.72. The van der Waals surface area contributed by atoms with Gasteiger partial charge >= 0.3 is 0 Å². The van der Waals surface area contributed by atoms with Crippen LogP contribution in [-0.2, 0) is 0 Å². The number of halogens is 2. The van der Waals surface area contributed by atoms with Crippen LogP contribution in [0, 0.1) is 18.6 Å². The first-order chi connectivity index (χ1) is 14.0. The Balaban J connectivity index is 1.47. The van der Waals surface area contributed by atoms with E-state index in [0.29, 0.717) is 28.5 Å². The van der Waals surface area contributed by atoms with Crippen molar-refractivity contribution in [1.29, 1.82) is 0 Å². The first-order valence-electron chi connectivity index (χ1n) is 9.08. The number of rotatable bonds is 4. The van der Waals surface area contributed by atoms with E-state index in [2.05, 4.69) is 19.8 Å². The van der Waals surface area contributed by atoms with E-state index in [0.717, 1.165) is 17.8 Å². The van der Waals surface area contributed by atoms with Crippen LogP contribution in [0.1, 0.15) is 39.7 Å². The molecule has 1 aliphatic carbocycles. The lowest BCUT2D eigenvalue weighted by atomic mass is 10.1. The van der Waals surface area contributed by atoms with Gasteiger partial charge in [-0.15, -0.1) is 0 Å². The van der Waals surface area contributed by atoms with E-state index in [9.17, 15) is 13.6 Å². The number of pyridine rings is 1. The van der Waals surface area contributed by atoms with Crippen LogP contribution in [-0.4, -0.2) is 24.9 Å². The number of carbonyl (C=O) groups is 1. The van der Waals surface area contributed by atoms with Crippen LogP contribution in [0.5, 0.6) is 0 Å². The van der Waals surface area contributed by atoms with Crippen LogP contribution in [0.15, 0.2) is 36.7 Å². The van der Waals surface area contributed by atoms with Crippen molar-refractivity contribution >= 4 is 28.6 Å². The number of nitrogens with zero attached hydrogens (tertiary/aromatic N) is 4. The highest BCUT2D eigenvalue weighted by atomic mass is 32.1. The van der Waals surface area contributed by atoms with E-state index >= 15 is 0 Å². The summed E-state index contributed by atoms with van der Waals surface area (Å²) < 4.78 is 33.5. The highest BCUT2D eigenvalue weighted by molar-refractivity contribution is 7.05. The molecule has 1 N–H and O–H groups in total. The van der Waals surface area contributed by atoms with Gasteiger partial charge in [0.1, 0.15) is 16.6 Å². The number of nitrogens with one attached hydrogen (secondary N) is 1. The molecule has 1 fully saturated rings. The van der Waals surface area contributed by atoms with Gasteiger partial charge in [0.2, 0.25) is 0 Å². The minimum Gasteiger partial charge on any atom is -0.322 e. The van der Waals surface area contributed by atoms with Crippen LogP contribution >= 0.6 is 11.5 Å². The van der Waals surface area contributed by atoms with Gasteiger partial charge in [-0.2, -0.15) is 9.47 Å². The van der Waals surface area contributed by atoms with Crippen LogP contribution < -0.4 is 5.32 Å². The highest BCUT2D eigenvalue weighted by Crippen LogP contribution is 2.41. The van der Waals surface area contributed by atoms with Crippen molar-refractivity contribution in [3.63, 3.8) is 0 Å². The molecule has 29 heavy (non-hydrogen) atoms. The van der Waals surface area contributed by atoms with Crippen LogP contribution in [0.25, 0.3) is 16.9 Å². The Morgan fingerprint density at radius 1 is 1.28 bits per heavy atom. The second-order valence-corrected chi connectivity index (χ2v) is 7.85. The molecule has 3 heterocycles. The predicted octanol–water partition coefficient (Wildman–Crippen LogP) is 4.57. The molecule has 6 nitrogen and oxygen atoms in total. The Morgan fingerprint density at radius 3 is 2.90 bits per heavy atom. The first-order valence-corrected chi connectivity index (χ1v) is 9.85. The van der Waals surface area contributed by atoms with Crippen molar-refractivity contribution < 1.29 is 13.6 Å². The zero-order chi connectivity index (χ0) is 20.1. The Kier molecular flexibility index (Phi) is 4.13. The Bertz CT molecular complexity index is 1260. The average molecular weight is 411 g/mol. The lowest BCUT2D eigenvalue weighted by molar-refractivity contribution is 0.102. The molecular weight excluding hydrogens is 396 g/mol. The second-order valence-electron chi connectivity index (χ2n) is 7.07. The lowest BCUT2D eigenvalue weighted by Gasteiger charge is -2.10. The topological polar surface area (TPSA) is 72.2 Å². The quantitative estimate of drug-likeness (QED) is 0.534. The van der Waals surface area contributed by atoms with Crippen molar-refractivity contribution in [2.24, 2.45) is 0 Å². The molecule has 0 radical (unpaired) electrons. The summed E-state index contributed by atoms with van der Waals surface area (Å²) >= 11 is 1.29. The molecule has 0 bridgehead atoms. The molecule has 0 saturated heterocycles. The molecule has 146 valence electrons. The molecule has 1 aromatic carbocycles. The van der Waals surface area contributed by atoms with Crippen molar-refractivity contribution in [3.05, 3.63) is 64.4 Å². The SMILES string of the molecule is Cc1cc(F)c(-c2nsc(C3CC3)n2)cc1NC(=O)c1cnn2cc(F)ccc12. The molecule has 4 aromatic rings. The standard InChI is InChI=1S/C20H15F2N5OS/c1-10-6-15(22)13(18-25-20(29-26-18)11-2-3-11)7-16(10)24-19(28)14-8-23-27-9-12(21)4-5-17(14)27/h4-9,11H,2-3H2,1H3,(H,24,28). The molecule has 1 saturated carbocycles. The van der Waals surface area contributed by atoms with E-state index in [4.69, 9.17) is 0 Å². The van der Waals surface area contributed by atoms with E-state index in [-0.39, 0.29) is 11.1 Å². The number of hydrogen-bond donors (Lipinski definition) is 1. The first kappa shape index (κ1) is 17.9. The molecular formula is C20H15F2N5OS. The largest absolute Gasteiger partial charge is 0.322 e. The highest BCUT2D eigenvalue weighted by Gasteiger charge is 2.28. The maximum Gasteiger partial charge on any atom is 0.259 e. The molecule has 5 rings (SSSR count). The third-order valence-electron chi connectivity index (χ3n) is 4.90. The summed E-state index contributed by atoms with van der Waals surface area (Å²) in [6.07, 6.45) is 4.75. The van der Waals surface area contributed by atoms with Gasteiger partial charge in [0.15, 0.2) is 5.82 Å². The molecule has 0 unspecified atom stereocenters. The number of benzene rings is 1. The normalized spacial score (nSPS) is 13.8. The van der Waals surface area contributed by atoms with E-state index in [1.165, 1.54) is 46.6 Å². The number of aromatic nitrogens is 4. The van der Waals surface area contributed by atoms with Crippen LogP contribution in [0.2, 0.25) is 0 Å². The fourth-order valence-electron chi connectivity index (χ4n) is 3.14. The Hall–Kier alpha value is -3.20. The zero-order valence-electron chi connectivity index (χ0n) is 15.3. The number of anilines is 1. The van der Waals surface area contributed by atoms with Crippen molar-refractivity contribution in [2.45, 2.75) is 25.7 Å². The molecule has 1 aliphatic rings. The van der Waals surface area contributed by atoms with Crippen molar-refractivity contribution in [1.82, 2.24) is 19.0 Å². The van der Waals surface area contributed by atoms with E-state index < -0.39 is 17.5 Å². The predicted molar refractivity (Wildman–Crippen MR) is 105 cm³/mol. The van der Waals surface area contributed by atoms with E-state index in [1.807, 2.05) is 0 Å². The summed E-state index contributed by atoms with van der Waals surface area (Å²) in [4.78, 5) is 17.2. The summed E-state index contributed by atoms with van der Waals surface area (Å²) in [7, 11) is 0. The summed E-state index contributed by atoms with van der Waals surface area (Å²) in [6.45, 7) is 1.71. The summed E-state index contributed by atoms with van der Waals surface area (Å²) in [5.41, 5.74) is 2.03. The van der Waals surface area contributed by atoms with Gasteiger partial charge in [0.25, 0.3) is 5.91 Å². The molecule has 0 spiro atoms. The van der Waals surface area contributed by atoms with Gasteiger partial charge in [-0.25, -0.2) is 18.3 Å². The number of carbonyl (C=O) groups excluding carboxylic acids is 1.